The highest BCUT2D eigenvalue weighted by Gasteiger charge is 2.15. The molecule has 15 heavy (non-hydrogen) atoms. The summed E-state index contributed by atoms with van der Waals surface area (Å²) in [5, 5.41) is 8.81. The van der Waals surface area contributed by atoms with Crippen molar-refractivity contribution < 1.29 is 9.84 Å². The van der Waals surface area contributed by atoms with Crippen molar-refractivity contribution in [3.63, 3.8) is 0 Å². The molecule has 0 aromatic heterocycles. The number of nitrogens with two attached hydrogens (primary N) is 1. The first-order valence-electron chi connectivity index (χ1n) is 5.85. The fourth-order valence-corrected chi connectivity index (χ4v) is 1.96. The van der Waals surface area contributed by atoms with E-state index >= 15 is 0 Å². The van der Waals surface area contributed by atoms with Crippen LogP contribution < -0.4 is 5.73 Å². The molecule has 0 spiro atoms. The van der Waals surface area contributed by atoms with Gasteiger partial charge in [0.15, 0.2) is 0 Å². The molecule has 1 rings (SSSR count). The summed E-state index contributed by atoms with van der Waals surface area (Å²) in [6.45, 7) is 3.95. The van der Waals surface area contributed by atoms with Crippen molar-refractivity contribution in [1.29, 1.82) is 0 Å². The van der Waals surface area contributed by atoms with Crippen LogP contribution in [0.5, 0.6) is 0 Å². The molecule has 90 valence electrons. The molecule has 0 aromatic rings. The molecule has 0 aliphatic carbocycles. The van der Waals surface area contributed by atoms with Gasteiger partial charge in [0, 0.05) is 19.2 Å². The average Bonchev–Trinajstić information content (AvgIpc) is 2.27. The van der Waals surface area contributed by atoms with Gasteiger partial charge in [-0.3, -0.25) is 0 Å². The van der Waals surface area contributed by atoms with Gasteiger partial charge in [0.25, 0.3) is 0 Å². The van der Waals surface area contributed by atoms with Gasteiger partial charge >= 0.3 is 0 Å². The lowest BCUT2D eigenvalue weighted by atomic mass is 10.0. The second-order valence-electron chi connectivity index (χ2n) is 4.58. The SMILES string of the molecule is CN(CCC(N)CO)CC1CCCOC1. The van der Waals surface area contributed by atoms with Gasteiger partial charge in [0.05, 0.1) is 13.2 Å². The number of hydrogen-bond donors (Lipinski definition) is 2. The average molecular weight is 216 g/mol. The van der Waals surface area contributed by atoms with Crippen LogP contribution in [-0.2, 0) is 4.74 Å². The van der Waals surface area contributed by atoms with Crippen molar-refractivity contribution >= 4 is 0 Å². The molecule has 1 fully saturated rings. The predicted octanol–water partition coefficient (Wildman–Crippen LogP) is 0.0545. The normalized spacial score (nSPS) is 24.4. The molecule has 0 radical (unpaired) electrons. The van der Waals surface area contributed by atoms with Crippen molar-refractivity contribution in [2.24, 2.45) is 11.7 Å². The summed E-state index contributed by atoms with van der Waals surface area (Å²) in [4.78, 5) is 2.29. The first kappa shape index (κ1) is 12.9. The fraction of sp³-hybridized carbons (Fsp3) is 1.00. The standard InChI is InChI=1S/C11H24N2O2/c1-13(5-4-11(12)8-14)7-10-3-2-6-15-9-10/h10-11,14H,2-9,12H2,1H3. The molecule has 0 aromatic carbocycles. The van der Waals surface area contributed by atoms with Crippen LogP contribution in [-0.4, -0.2) is 56.0 Å². The molecule has 0 bridgehead atoms. The number of aliphatic hydroxyl groups is 1. The second kappa shape index (κ2) is 7.17. The summed E-state index contributed by atoms with van der Waals surface area (Å²) >= 11 is 0. The smallest absolute Gasteiger partial charge is 0.0583 e. The highest BCUT2D eigenvalue weighted by atomic mass is 16.5. The van der Waals surface area contributed by atoms with E-state index in [4.69, 9.17) is 15.6 Å². The van der Waals surface area contributed by atoms with Crippen LogP contribution in [0.15, 0.2) is 0 Å². The Morgan fingerprint density at radius 1 is 1.60 bits per heavy atom. The molecule has 3 N–H and O–H groups in total. The number of ether oxygens (including phenoxy) is 1. The third-order valence-corrected chi connectivity index (χ3v) is 2.94. The van der Waals surface area contributed by atoms with Crippen molar-refractivity contribution in [3.05, 3.63) is 0 Å². The zero-order chi connectivity index (χ0) is 11.1. The van der Waals surface area contributed by atoms with E-state index in [9.17, 15) is 0 Å². The molecular weight excluding hydrogens is 192 g/mol. The third-order valence-electron chi connectivity index (χ3n) is 2.94. The summed E-state index contributed by atoms with van der Waals surface area (Å²) in [6.07, 6.45) is 3.33. The zero-order valence-electron chi connectivity index (χ0n) is 9.69. The maximum absolute atomic E-state index is 8.81. The van der Waals surface area contributed by atoms with E-state index in [1.165, 1.54) is 12.8 Å². The van der Waals surface area contributed by atoms with E-state index in [2.05, 4.69) is 11.9 Å². The molecular formula is C11H24N2O2. The molecule has 2 atom stereocenters. The fourth-order valence-electron chi connectivity index (χ4n) is 1.96. The zero-order valence-corrected chi connectivity index (χ0v) is 9.69. The van der Waals surface area contributed by atoms with Crippen LogP contribution in [0.25, 0.3) is 0 Å². The summed E-state index contributed by atoms with van der Waals surface area (Å²) in [7, 11) is 2.11. The van der Waals surface area contributed by atoms with E-state index in [1.807, 2.05) is 0 Å². The molecule has 4 nitrogen and oxygen atoms in total. The predicted molar refractivity (Wildman–Crippen MR) is 60.7 cm³/mol. The maximum atomic E-state index is 8.81. The van der Waals surface area contributed by atoms with Crippen LogP contribution in [0.3, 0.4) is 0 Å². The van der Waals surface area contributed by atoms with E-state index in [-0.39, 0.29) is 12.6 Å². The number of hydrogen-bond acceptors (Lipinski definition) is 4. The molecule has 1 heterocycles. The molecule has 2 unspecified atom stereocenters. The molecule has 0 amide bonds. The van der Waals surface area contributed by atoms with E-state index in [1.54, 1.807) is 0 Å². The van der Waals surface area contributed by atoms with Crippen molar-refractivity contribution in [1.82, 2.24) is 4.90 Å². The first-order valence-corrected chi connectivity index (χ1v) is 5.85. The molecule has 4 heteroatoms. The highest BCUT2D eigenvalue weighted by Crippen LogP contribution is 2.14. The lowest BCUT2D eigenvalue weighted by molar-refractivity contribution is 0.0415. The Balaban J connectivity index is 2.08. The lowest BCUT2D eigenvalue weighted by Crippen LogP contribution is -2.35. The number of rotatable bonds is 6. The summed E-state index contributed by atoms with van der Waals surface area (Å²) in [5.74, 6) is 0.675. The minimum atomic E-state index is -0.0740. The van der Waals surface area contributed by atoms with E-state index in [0.29, 0.717) is 5.92 Å². The van der Waals surface area contributed by atoms with Crippen molar-refractivity contribution in [2.45, 2.75) is 25.3 Å². The second-order valence-corrected chi connectivity index (χ2v) is 4.58. The Bertz CT molecular complexity index is 161. The van der Waals surface area contributed by atoms with Crippen LogP contribution in [0.1, 0.15) is 19.3 Å². The Morgan fingerprint density at radius 3 is 3.00 bits per heavy atom. The minimum Gasteiger partial charge on any atom is -0.395 e. The third kappa shape index (κ3) is 5.47. The van der Waals surface area contributed by atoms with Gasteiger partial charge in [-0.15, -0.1) is 0 Å². The Morgan fingerprint density at radius 2 is 2.40 bits per heavy atom. The van der Waals surface area contributed by atoms with Gasteiger partial charge in [0.2, 0.25) is 0 Å². The van der Waals surface area contributed by atoms with Crippen molar-refractivity contribution in [2.75, 3.05) is 40.0 Å². The highest BCUT2D eigenvalue weighted by molar-refractivity contribution is 4.68. The van der Waals surface area contributed by atoms with E-state index < -0.39 is 0 Å². The summed E-state index contributed by atoms with van der Waals surface area (Å²) in [5.41, 5.74) is 5.65. The monoisotopic (exact) mass is 216 g/mol. The quantitative estimate of drug-likeness (QED) is 0.659. The Hall–Kier alpha value is -0.160. The topological polar surface area (TPSA) is 58.7 Å². The van der Waals surface area contributed by atoms with Gasteiger partial charge in [-0.2, -0.15) is 0 Å². The van der Waals surface area contributed by atoms with Gasteiger partial charge < -0.3 is 20.5 Å². The minimum absolute atomic E-state index is 0.0740. The summed E-state index contributed by atoms with van der Waals surface area (Å²) in [6, 6.07) is -0.0740. The lowest BCUT2D eigenvalue weighted by Gasteiger charge is -2.27. The van der Waals surface area contributed by atoms with Crippen molar-refractivity contribution in [3.8, 4) is 0 Å². The largest absolute Gasteiger partial charge is 0.395 e. The molecule has 1 saturated heterocycles. The molecule has 1 aliphatic rings. The van der Waals surface area contributed by atoms with Gasteiger partial charge in [-0.05, 0) is 38.8 Å². The van der Waals surface area contributed by atoms with Gasteiger partial charge in [-0.25, -0.2) is 0 Å². The van der Waals surface area contributed by atoms with Gasteiger partial charge in [-0.1, -0.05) is 0 Å². The number of aliphatic hydroxyl groups excluding tert-OH is 1. The summed E-state index contributed by atoms with van der Waals surface area (Å²) < 4.78 is 5.44. The Kier molecular flexibility index (Phi) is 6.17. The number of nitrogens with zero attached hydrogens (tertiary/aromatic N) is 1. The van der Waals surface area contributed by atoms with E-state index in [0.717, 1.165) is 32.7 Å². The van der Waals surface area contributed by atoms with Crippen LogP contribution in [0, 0.1) is 5.92 Å². The molecule has 1 aliphatic heterocycles. The van der Waals surface area contributed by atoms with Crippen LogP contribution >= 0.6 is 0 Å². The molecule has 0 saturated carbocycles. The Labute approximate surface area is 92.4 Å². The van der Waals surface area contributed by atoms with Gasteiger partial charge in [0.1, 0.15) is 0 Å². The maximum Gasteiger partial charge on any atom is 0.0583 e. The van der Waals surface area contributed by atoms with Crippen LogP contribution in [0.4, 0.5) is 0 Å². The first-order chi connectivity index (χ1) is 7.22. The van der Waals surface area contributed by atoms with Crippen LogP contribution in [0.2, 0.25) is 0 Å².